The lowest BCUT2D eigenvalue weighted by Gasteiger charge is -2.37. The van der Waals surface area contributed by atoms with Crippen LogP contribution in [-0.4, -0.2) is 55.5 Å². The second kappa shape index (κ2) is 13.1. The number of hydrazone groups is 1. The Morgan fingerprint density at radius 3 is 2.73 bits per heavy atom. The van der Waals surface area contributed by atoms with Gasteiger partial charge in [-0.05, 0) is 43.5 Å². The van der Waals surface area contributed by atoms with Crippen molar-refractivity contribution in [1.82, 2.24) is 15.6 Å². The number of carbonyl (C=O) groups is 1. The van der Waals surface area contributed by atoms with Crippen molar-refractivity contribution < 1.29 is 23.0 Å². The van der Waals surface area contributed by atoms with E-state index in [1.54, 1.807) is 14.0 Å². The number of halogens is 2. The van der Waals surface area contributed by atoms with Crippen molar-refractivity contribution in [3.8, 4) is 6.19 Å². The molecule has 0 fully saturated rings. The van der Waals surface area contributed by atoms with Gasteiger partial charge in [0.1, 0.15) is 34.4 Å². The fourth-order valence-corrected chi connectivity index (χ4v) is 5.18. The molecule has 0 saturated heterocycles. The van der Waals surface area contributed by atoms with Crippen molar-refractivity contribution in [2.24, 2.45) is 10.1 Å². The van der Waals surface area contributed by atoms with E-state index in [0.29, 0.717) is 25.3 Å². The van der Waals surface area contributed by atoms with Crippen molar-refractivity contribution >= 4 is 28.7 Å². The third kappa shape index (κ3) is 6.62. The molecule has 12 heteroatoms. The van der Waals surface area contributed by atoms with E-state index in [1.165, 1.54) is 23.9 Å². The molecule has 2 aromatic carbocycles. The van der Waals surface area contributed by atoms with E-state index in [9.17, 15) is 13.6 Å². The third-order valence-corrected chi connectivity index (χ3v) is 7.00. The lowest BCUT2D eigenvalue weighted by Crippen LogP contribution is -2.46. The Morgan fingerprint density at radius 2 is 2.05 bits per heavy atom. The van der Waals surface area contributed by atoms with Gasteiger partial charge in [0.25, 0.3) is 5.91 Å². The van der Waals surface area contributed by atoms with Crippen LogP contribution < -0.4 is 10.6 Å². The summed E-state index contributed by atoms with van der Waals surface area (Å²) in [6.07, 6.45) is 1.79. The Morgan fingerprint density at radius 1 is 1.30 bits per heavy atom. The smallest absolute Gasteiger partial charge is 0.273 e. The summed E-state index contributed by atoms with van der Waals surface area (Å²) >= 11 is 1.18. The molecular weight excluding hydrogens is 502 g/mol. The molecule has 0 bridgehead atoms. The normalized spacial score (nSPS) is 18.2. The largest absolute Gasteiger partial charge is 0.359 e. The summed E-state index contributed by atoms with van der Waals surface area (Å²) in [5.74, 6) is -1.42. The first-order valence-corrected chi connectivity index (χ1v) is 12.3. The number of methoxy groups -OCH3 is 1. The highest BCUT2D eigenvalue weighted by molar-refractivity contribution is 8.15. The second-order valence-electron chi connectivity index (χ2n) is 7.99. The zero-order valence-electron chi connectivity index (χ0n) is 20.7. The fraction of sp³-hybridized carbons (Fsp3) is 0.360. The number of nitrogens with one attached hydrogen (secondary N) is 2. The van der Waals surface area contributed by atoms with E-state index >= 15 is 0 Å². The number of hydrogen-bond acceptors (Lipinski definition) is 7. The minimum absolute atomic E-state index is 0.0391. The Balaban J connectivity index is 2.01. The number of guanidine groups is 1. The summed E-state index contributed by atoms with van der Waals surface area (Å²) < 4.78 is 39.3. The van der Waals surface area contributed by atoms with E-state index < -0.39 is 28.5 Å². The molecule has 1 amide bonds. The lowest BCUT2D eigenvalue weighted by atomic mass is 9.99. The van der Waals surface area contributed by atoms with Crippen LogP contribution in [0, 0.1) is 23.1 Å². The van der Waals surface area contributed by atoms with Gasteiger partial charge in [-0.3, -0.25) is 15.1 Å². The lowest BCUT2D eigenvalue weighted by molar-refractivity contribution is -0.154. The van der Waals surface area contributed by atoms with E-state index in [2.05, 4.69) is 20.7 Å². The first kappa shape index (κ1) is 28.0. The first-order chi connectivity index (χ1) is 17.9. The Labute approximate surface area is 218 Å². The van der Waals surface area contributed by atoms with Crippen molar-refractivity contribution in [2.75, 3.05) is 27.5 Å². The molecule has 9 nitrogen and oxygen atoms in total. The Bertz CT molecular complexity index is 1190. The maximum Gasteiger partial charge on any atom is 0.273 e. The van der Waals surface area contributed by atoms with E-state index in [-0.39, 0.29) is 17.4 Å². The van der Waals surface area contributed by atoms with Crippen LogP contribution in [0.15, 0.2) is 58.6 Å². The molecule has 2 unspecified atom stereocenters. The van der Waals surface area contributed by atoms with Crippen LogP contribution in [0.3, 0.4) is 0 Å². The maximum atomic E-state index is 14.8. The van der Waals surface area contributed by atoms with Gasteiger partial charge in [-0.2, -0.15) is 10.4 Å². The number of benzene rings is 2. The van der Waals surface area contributed by atoms with Crippen molar-refractivity contribution in [1.29, 1.82) is 5.26 Å². The fourth-order valence-electron chi connectivity index (χ4n) is 3.75. The van der Waals surface area contributed by atoms with Gasteiger partial charge in [0.05, 0.1) is 0 Å². The van der Waals surface area contributed by atoms with Crippen molar-refractivity contribution in [3.05, 3.63) is 71.3 Å². The number of thioether (sulfide) groups is 1. The summed E-state index contributed by atoms with van der Waals surface area (Å²) in [4.78, 5) is 16.5. The number of rotatable bonds is 10. The van der Waals surface area contributed by atoms with Gasteiger partial charge in [0, 0.05) is 26.3 Å². The highest BCUT2D eigenvalue weighted by atomic mass is 32.2. The Hall–Kier alpha value is -3.53. The molecule has 1 aliphatic rings. The quantitative estimate of drug-likeness (QED) is 0.121. The van der Waals surface area contributed by atoms with Gasteiger partial charge in [-0.25, -0.2) is 13.8 Å². The van der Waals surface area contributed by atoms with Gasteiger partial charge < -0.3 is 14.8 Å². The monoisotopic (exact) mass is 530 g/mol. The van der Waals surface area contributed by atoms with Crippen LogP contribution in [0.4, 0.5) is 8.78 Å². The van der Waals surface area contributed by atoms with Crippen molar-refractivity contribution in [3.63, 3.8) is 0 Å². The zero-order chi connectivity index (χ0) is 26.8. The Kier molecular flexibility index (Phi) is 9.96. The number of hydrogen-bond donors (Lipinski definition) is 2. The van der Waals surface area contributed by atoms with Gasteiger partial charge in [-0.1, -0.05) is 42.1 Å². The first-order valence-electron chi connectivity index (χ1n) is 11.4. The average molecular weight is 531 g/mol. The highest BCUT2D eigenvalue weighted by Gasteiger charge is 2.49. The molecule has 2 aromatic rings. The maximum absolute atomic E-state index is 14.8. The van der Waals surface area contributed by atoms with Gasteiger partial charge in [0.2, 0.25) is 5.96 Å². The molecule has 3 rings (SSSR count). The summed E-state index contributed by atoms with van der Waals surface area (Å²) in [6, 6.07) is 12.4. The molecule has 0 saturated carbocycles. The molecule has 1 heterocycles. The molecule has 2 N–H and O–H groups in total. The summed E-state index contributed by atoms with van der Waals surface area (Å²) in [7, 11) is 2.99. The van der Waals surface area contributed by atoms with E-state index in [4.69, 9.17) is 14.7 Å². The van der Waals surface area contributed by atoms with Crippen LogP contribution in [0.25, 0.3) is 0 Å². The molecule has 0 radical (unpaired) electrons. The van der Waals surface area contributed by atoms with Gasteiger partial charge >= 0.3 is 0 Å². The SMILES string of the molecule is CN=C(NC#N)NCCCC1(c2ccccc2)SC(c2cc(F)ccc2F)=NN1C(=O)C(C)OCOC. The molecule has 0 spiro atoms. The molecular formula is C25H28F2N6O3S. The van der Waals surface area contributed by atoms with Crippen LogP contribution >= 0.6 is 11.8 Å². The minimum atomic E-state index is -1.08. The summed E-state index contributed by atoms with van der Waals surface area (Å²) in [5, 5.41) is 20.3. The van der Waals surface area contributed by atoms with Gasteiger partial charge in [0.15, 0.2) is 6.19 Å². The van der Waals surface area contributed by atoms with E-state index in [0.717, 1.165) is 23.8 Å². The number of aliphatic imine (C=N–C) groups is 1. The number of carbonyl (C=O) groups excluding carboxylic acids is 1. The number of nitriles is 1. The molecule has 37 heavy (non-hydrogen) atoms. The van der Waals surface area contributed by atoms with Crippen LogP contribution in [0.1, 0.15) is 30.9 Å². The summed E-state index contributed by atoms with van der Waals surface area (Å²) in [5.41, 5.74) is 0.713. The molecule has 1 aliphatic heterocycles. The van der Waals surface area contributed by atoms with E-state index in [1.807, 2.05) is 36.5 Å². The molecule has 0 aliphatic carbocycles. The summed E-state index contributed by atoms with van der Waals surface area (Å²) in [6.45, 7) is 1.89. The molecule has 0 aromatic heterocycles. The highest BCUT2D eigenvalue weighted by Crippen LogP contribution is 2.50. The van der Waals surface area contributed by atoms with Crippen LogP contribution in [0.2, 0.25) is 0 Å². The topological polar surface area (TPSA) is 111 Å². The van der Waals surface area contributed by atoms with Crippen LogP contribution in [-0.2, 0) is 19.1 Å². The number of nitrogens with zero attached hydrogens (tertiary/aromatic N) is 4. The number of amides is 1. The standard InChI is InChI=1S/C25H28F2N6O3S/c1-17(36-16-35-3)23(34)33-25(18-8-5-4-6-9-18,12-7-13-30-24(29-2)31-15-28)37-22(32-33)20-14-19(26)10-11-21(20)27/h4-6,8-11,14,17H,7,12-13,16H2,1-3H3,(H2,29,30,31). The predicted molar refractivity (Wildman–Crippen MR) is 137 cm³/mol. The predicted octanol–water partition coefficient (Wildman–Crippen LogP) is 3.49. The second-order valence-corrected chi connectivity index (χ2v) is 9.25. The van der Waals surface area contributed by atoms with Crippen LogP contribution in [0.5, 0.6) is 0 Å². The average Bonchev–Trinajstić information content (AvgIpc) is 3.30. The third-order valence-electron chi connectivity index (χ3n) is 5.56. The van der Waals surface area contributed by atoms with Gasteiger partial charge in [-0.15, -0.1) is 0 Å². The number of ether oxygens (including phenoxy) is 2. The molecule has 196 valence electrons. The van der Waals surface area contributed by atoms with Crippen molar-refractivity contribution in [2.45, 2.75) is 30.7 Å². The minimum Gasteiger partial charge on any atom is -0.359 e. The molecule has 2 atom stereocenters. The zero-order valence-corrected chi connectivity index (χ0v) is 21.5.